The molecule has 0 amide bonds. The smallest absolute Gasteiger partial charge is 0.191 e. The SMILES string of the molecule is CN=C(NCC(c1c(F)cccc1F)N(C)C)NC1CCc2nc(COC)nn2C1. The van der Waals surface area contributed by atoms with Crippen LogP contribution in [-0.4, -0.2) is 66.5 Å². The molecule has 8 nitrogen and oxygen atoms in total. The number of hydrogen-bond donors (Lipinski definition) is 2. The molecular formula is C20H29F2N7O. The molecule has 0 radical (unpaired) electrons. The van der Waals surface area contributed by atoms with Gasteiger partial charge in [-0.1, -0.05) is 6.07 Å². The number of fused-ring (bicyclic) bond motifs is 1. The van der Waals surface area contributed by atoms with Gasteiger partial charge in [0.05, 0.1) is 12.6 Å². The highest BCUT2D eigenvalue weighted by Crippen LogP contribution is 2.24. The van der Waals surface area contributed by atoms with Crippen LogP contribution in [-0.2, 0) is 24.3 Å². The lowest BCUT2D eigenvalue weighted by atomic mass is 10.0. The molecule has 0 aliphatic carbocycles. The molecule has 3 rings (SSSR count). The molecule has 0 saturated heterocycles. The Kier molecular flexibility index (Phi) is 7.33. The number of ether oxygens (including phenoxy) is 1. The van der Waals surface area contributed by atoms with E-state index in [1.165, 1.54) is 18.2 Å². The number of aliphatic imine (C=N–C) groups is 1. The Morgan fingerprint density at radius 2 is 2.10 bits per heavy atom. The summed E-state index contributed by atoms with van der Waals surface area (Å²) in [6, 6.07) is 3.54. The first-order valence-electron chi connectivity index (χ1n) is 9.92. The van der Waals surface area contributed by atoms with Crippen molar-refractivity contribution in [3.63, 3.8) is 0 Å². The van der Waals surface area contributed by atoms with Crippen molar-refractivity contribution >= 4 is 5.96 Å². The topological polar surface area (TPSA) is 79.6 Å². The first kappa shape index (κ1) is 22.1. The molecule has 2 heterocycles. The largest absolute Gasteiger partial charge is 0.377 e. The van der Waals surface area contributed by atoms with Crippen LogP contribution in [0.4, 0.5) is 8.78 Å². The lowest BCUT2D eigenvalue weighted by Gasteiger charge is -2.29. The molecule has 10 heteroatoms. The summed E-state index contributed by atoms with van der Waals surface area (Å²) in [6.07, 6.45) is 1.68. The number of rotatable bonds is 7. The summed E-state index contributed by atoms with van der Waals surface area (Å²) >= 11 is 0. The Hall–Kier alpha value is -2.59. The van der Waals surface area contributed by atoms with Crippen LogP contribution in [0.25, 0.3) is 0 Å². The second-order valence-electron chi connectivity index (χ2n) is 7.51. The van der Waals surface area contributed by atoms with Gasteiger partial charge in [-0.05, 0) is 32.6 Å². The minimum Gasteiger partial charge on any atom is -0.377 e. The molecule has 30 heavy (non-hydrogen) atoms. The van der Waals surface area contributed by atoms with Crippen molar-refractivity contribution in [3.8, 4) is 0 Å². The number of benzene rings is 1. The predicted molar refractivity (Wildman–Crippen MR) is 110 cm³/mol. The number of guanidine groups is 1. The van der Waals surface area contributed by atoms with Crippen molar-refractivity contribution in [2.45, 2.75) is 38.1 Å². The zero-order valence-corrected chi connectivity index (χ0v) is 17.8. The van der Waals surface area contributed by atoms with Gasteiger partial charge < -0.3 is 20.3 Å². The summed E-state index contributed by atoms with van der Waals surface area (Å²) in [7, 11) is 6.87. The summed E-state index contributed by atoms with van der Waals surface area (Å²) in [5.74, 6) is 1.08. The Bertz CT molecular complexity index is 864. The molecule has 0 bridgehead atoms. The summed E-state index contributed by atoms with van der Waals surface area (Å²) in [5.41, 5.74) is 0.0426. The molecule has 1 aromatic heterocycles. The summed E-state index contributed by atoms with van der Waals surface area (Å²) in [5, 5.41) is 11.0. The van der Waals surface area contributed by atoms with E-state index >= 15 is 0 Å². The van der Waals surface area contributed by atoms with Gasteiger partial charge in [0.2, 0.25) is 0 Å². The lowest BCUT2D eigenvalue weighted by molar-refractivity contribution is 0.177. The average Bonchev–Trinajstić information content (AvgIpc) is 3.10. The van der Waals surface area contributed by atoms with Crippen LogP contribution in [0.5, 0.6) is 0 Å². The second-order valence-corrected chi connectivity index (χ2v) is 7.51. The second kappa shape index (κ2) is 9.94. The van der Waals surface area contributed by atoms with Gasteiger partial charge in [0.1, 0.15) is 24.1 Å². The summed E-state index contributed by atoms with van der Waals surface area (Å²) in [6.45, 7) is 1.34. The standard InChI is InChI=1S/C20H29F2N7O/c1-23-20(24-10-16(28(2)3)19-14(21)6-5-7-15(19)22)25-13-8-9-18-26-17(12-30-4)27-29(18)11-13/h5-7,13,16H,8-12H2,1-4H3,(H2,23,24,25). The van der Waals surface area contributed by atoms with E-state index in [-0.39, 0.29) is 11.6 Å². The number of hydrogen-bond acceptors (Lipinski definition) is 5. The highest BCUT2D eigenvalue weighted by Gasteiger charge is 2.25. The highest BCUT2D eigenvalue weighted by atomic mass is 19.1. The maximum Gasteiger partial charge on any atom is 0.191 e. The van der Waals surface area contributed by atoms with Gasteiger partial charge in [0.15, 0.2) is 11.8 Å². The van der Waals surface area contributed by atoms with Crippen LogP contribution in [0.1, 0.15) is 29.7 Å². The molecule has 0 spiro atoms. The normalized spacial score (nSPS) is 17.7. The van der Waals surface area contributed by atoms with Crippen LogP contribution in [0.2, 0.25) is 0 Å². The number of aryl methyl sites for hydroxylation is 1. The quantitative estimate of drug-likeness (QED) is 0.521. The molecule has 2 N–H and O–H groups in total. The van der Waals surface area contributed by atoms with E-state index in [0.29, 0.717) is 31.5 Å². The molecule has 2 aromatic rings. The van der Waals surface area contributed by atoms with Crippen molar-refractivity contribution in [1.82, 2.24) is 30.3 Å². The van der Waals surface area contributed by atoms with E-state index in [1.807, 2.05) is 4.68 Å². The van der Waals surface area contributed by atoms with Crippen molar-refractivity contribution < 1.29 is 13.5 Å². The van der Waals surface area contributed by atoms with Gasteiger partial charge in [-0.25, -0.2) is 18.4 Å². The van der Waals surface area contributed by atoms with E-state index in [2.05, 4.69) is 25.7 Å². The predicted octanol–water partition coefficient (Wildman–Crippen LogP) is 1.49. The summed E-state index contributed by atoms with van der Waals surface area (Å²) < 4.78 is 35.5. The molecule has 2 atom stereocenters. The van der Waals surface area contributed by atoms with E-state index in [4.69, 9.17) is 4.74 Å². The first-order chi connectivity index (χ1) is 14.4. The van der Waals surface area contributed by atoms with Crippen molar-refractivity contribution in [3.05, 3.63) is 47.0 Å². The van der Waals surface area contributed by atoms with Gasteiger partial charge in [-0.2, -0.15) is 5.10 Å². The van der Waals surface area contributed by atoms with E-state index < -0.39 is 17.7 Å². The monoisotopic (exact) mass is 421 g/mol. The minimum atomic E-state index is -0.559. The summed E-state index contributed by atoms with van der Waals surface area (Å²) in [4.78, 5) is 10.5. The number of methoxy groups -OCH3 is 1. The van der Waals surface area contributed by atoms with Crippen LogP contribution in [0, 0.1) is 11.6 Å². The Balaban J connectivity index is 1.62. The van der Waals surface area contributed by atoms with E-state index in [0.717, 1.165) is 18.7 Å². The fraction of sp³-hybridized carbons (Fsp3) is 0.550. The lowest BCUT2D eigenvalue weighted by Crippen LogP contribution is -2.48. The highest BCUT2D eigenvalue weighted by molar-refractivity contribution is 5.80. The number of likely N-dealkylation sites (N-methyl/N-ethyl adjacent to an activating group) is 1. The minimum absolute atomic E-state index is 0.0426. The molecule has 0 fully saturated rings. The van der Waals surface area contributed by atoms with Gasteiger partial charge in [0, 0.05) is 38.7 Å². The number of aromatic nitrogens is 3. The van der Waals surface area contributed by atoms with Crippen molar-refractivity contribution in [2.75, 3.05) is 34.8 Å². The van der Waals surface area contributed by atoms with E-state index in [1.54, 1.807) is 33.2 Å². The maximum absolute atomic E-state index is 14.3. The third kappa shape index (κ3) is 5.11. The van der Waals surface area contributed by atoms with Gasteiger partial charge >= 0.3 is 0 Å². The molecule has 164 valence electrons. The Morgan fingerprint density at radius 1 is 1.37 bits per heavy atom. The average molecular weight is 421 g/mol. The third-order valence-electron chi connectivity index (χ3n) is 5.16. The number of halogens is 2. The molecule has 0 saturated carbocycles. The van der Waals surface area contributed by atoms with Crippen LogP contribution in [0.3, 0.4) is 0 Å². The Morgan fingerprint density at radius 3 is 2.73 bits per heavy atom. The van der Waals surface area contributed by atoms with Crippen LogP contribution >= 0.6 is 0 Å². The van der Waals surface area contributed by atoms with E-state index in [9.17, 15) is 8.78 Å². The van der Waals surface area contributed by atoms with Crippen molar-refractivity contribution in [2.24, 2.45) is 4.99 Å². The van der Waals surface area contributed by atoms with Crippen molar-refractivity contribution in [1.29, 1.82) is 0 Å². The number of nitrogens with zero attached hydrogens (tertiary/aromatic N) is 5. The molecule has 1 aromatic carbocycles. The first-order valence-corrected chi connectivity index (χ1v) is 9.92. The third-order valence-corrected chi connectivity index (χ3v) is 5.16. The van der Waals surface area contributed by atoms with Gasteiger partial charge in [-0.3, -0.25) is 4.99 Å². The molecule has 1 aliphatic heterocycles. The van der Waals surface area contributed by atoms with Crippen LogP contribution < -0.4 is 10.6 Å². The Labute approximate surface area is 175 Å². The number of nitrogens with one attached hydrogen (secondary N) is 2. The van der Waals surface area contributed by atoms with Gasteiger partial charge in [-0.15, -0.1) is 0 Å². The van der Waals surface area contributed by atoms with Gasteiger partial charge in [0.25, 0.3) is 0 Å². The maximum atomic E-state index is 14.3. The fourth-order valence-electron chi connectivity index (χ4n) is 3.62. The molecule has 1 aliphatic rings. The molecule has 2 unspecified atom stereocenters. The fourth-order valence-corrected chi connectivity index (χ4v) is 3.62. The zero-order chi connectivity index (χ0) is 21.7. The zero-order valence-electron chi connectivity index (χ0n) is 17.8. The molecular weight excluding hydrogens is 392 g/mol. The van der Waals surface area contributed by atoms with Crippen LogP contribution in [0.15, 0.2) is 23.2 Å².